The van der Waals surface area contributed by atoms with Crippen LogP contribution in [0.3, 0.4) is 0 Å². The molecule has 0 aliphatic rings. The molecule has 0 amide bonds. The van der Waals surface area contributed by atoms with Crippen LogP contribution < -0.4 is 15.1 Å². The zero-order valence-corrected chi connectivity index (χ0v) is 23.1. The highest BCUT2D eigenvalue weighted by Crippen LogP contribution is 2.32. The van der Waals surface area contributed by atoms with Gasteiger partial charge in [-0.1, -0.05) is 65.0 Å². The van der Waals surface area contributed by atoms with Gasteiger partial charge in [-0.25, -0.2) is 9.78 Å². The minimum atomic E-state index is -4.85. The Morgan fingerprint density at radius 2 is 1.65 bits per heavy atom. The molecule has 0 aliphatic heterocycles. The van der Waals surface area contributed by atoms with Gasteiger partial charge >= 0.3 is 18.0 Å². The van der Waals surface area contributed by atoms with E-state index in [1.807, 2.05) is 13.8 Å². The fourth-order valence-corrected chi connectivity index (χ4v) is 4.12. The van der Waals surface area contributed by atoms with Gasteiger partial charge in [0.2, 0.25) is 5.88 Å². The number of hydrogen-bond acceptors (Lipinski definition) is 7. The van der Waals surface area contributed by atoms with Crippen LogP contribution in [0.25, 0.3) is 22.1 Å². The highest BCUT2D eigenvalue weighted by Gasteiger charge is 2.32. The number of aryl methyl sites for hydroxylation is 1. The molecule has 40 heavy (non-hydrogen) atoms. The second-order valence-electron chi connectivity index (χ2n) is 9.88. The van der Waals surface area contributed by atoms with Crippen molar-refractivity contribution in [2.24, 2.45) is 5.92 Å². The molecule has 1 aromatic carbocycles. The van der Waals surface area contributed by atoms with Gasteiger partial charge in [0, 0.05) is 11.5 Å². The third-order valence-electron chi connectivity index (χ3n) is 6.33. The molecule has 0 saturated carbocycles. The van der Waals surface area contributed by atoms with Crippen LogP contribution >= 0.6 is 0 Å². The topological polar surface area (TPSA) is 87.9 Å². The summed E-state index contributed by atoms with van der Waals surface area (Å²) in [4.78, 5) is 28.2. The molecule has 0 aliphatic carbocycles. The molecule has 0 fully saturated rings. The van der Waals surface area contributed by atoms with Gasteiger partial charge < -0.3 is 18.6 Å². The van der Waals surface area contributed by atoms with Crippen LogP contribution in [0.15, 0.2) is 45.7 Å². The number of ether oxygens (including phenoxy) is 3. The molecule has 0 bridgehead atoms. The van der Waals surface area contributed by atoms with Gasteiger partial charge in [0.1, 0.15) is 5.75 Å². The molecule has 218 valence electrons. The van der Waals surface area contributed by atoms with Crippen molar-refractivity contribution in [3.8, 4) is 22.8 Å². The molecule has 0 radical (unpaired) electrons. The monoisotopic (exact) mass is 563 g/mol. The van der Waals surface area contributed by atoms with E-state index in [4.69, 9.17) is 13.9 Å². The summed E-state index contributed by atoms with van der Waals surface area (Å²) in [6.07, 6.45) is 3.91. The molecule has 3 aromatic rings. The highest BCUT2D eigenvalue weighted by molar-refractivity contribution is 5.82. The molecular weight excluding hydrogens is 527 g/mol. The van der Waals surface area contributed by atoms with Crippen LogP contribution in [0.1, 0.15) is 71.3 Å². The molecule has 0 saturated heterocycles. The van der Waals surface area contributed by atoms with Crippen LogP contribution in [0.5, 0.6) is 11.6 Å². The van der Waals surface area contributed by atoms with Crippen molar-refractivity contribution in [1.29, 1.82) is 0 Å². The predicted octanol–water partition coefficient (Wildman–Crippen LogP) is 7.62. The molecule has 0 N–H and O–H groups in total. The molecule has 2 heterocycles. The van der Waals surface area contributed by atoms with Crippen molar-refractivity contribution < 1.29 is 36.6 Å². The Hall–Kier alpha value is -3.56. The maximum absolute atomic E-state index is 12.9. The first kappa shape index (κ1) is 31.0. The fraction of sp³-hybridized carbons (Fsp3) is 0.500. The second-order valence-corrected chi connectivity index (χ2v) is 9.88. The third kappa shape index (κ3) is 9.57. The van der Waals surface area contributed by atoms with Gasteiger partial charge in [0.05, 0.1) is 30.9 Å². The first-order chi connectivity index (χ1) is 19.1. The van der Waals surface area contributed by atoms with E-state index < -0.39 is 12.0 Å². The fourth-order valence-electron chi connectivity index (χ4n) is 4.12. The summed E-state index contributed by atoms with van der Waals surface area (Å²) in [5.41, 5.74) is 0.287. The zero-order chi connectivity index (χ0) is 29.1. The first-order valence-corrected chi connectivity index (χ1v) is 13.7. The number of carbonyl (C=O) groups excluding carboxylic acids is 1. The average Bonchev–Trinajstić information content (AvgIpc) is 2.90. The van der Waals surface area contributed by atoms with E-state index in [-0.39, 0.29) is 34.3 Å². The second kappa shape index (κ2) is 14.7. The lowest BCUT2D eigenvalue weighted by Crippen LogP contribution is -2.18. The standard InChI is InChI=1S/C30H36F3NO6/c1-4-21-12-13-22(17-25(21)40-30(31,32)33)24-16-23-18-27(34-19-26(23)39-29(24)36)37-14-10-8-6-5-7-9-11-15-38-28(35)20(2)3/h12-13,16-20H,4-11,14-15H2,1-3H3. The van der Waals surface area contributed by atoms with Gasteiger partial charge in [0.25, 0.3) is 0 Å². The lowest BCUT2D eigenvalue weighted by atomic mass is 10.0. The lowest BCUT2D eigenvalue weighted by molar-refractivity contribution is -0.274. The summed E-state index contributed by atoms with van der Waals surface area (Å²) in [5.74, 6) is -0.225. The molecule has 0 atom stereocenters. The highest BCUT2D eigenvalue weighted by atomic mass is 19.4. The summed E-state index contributed by atoms with van der Waals surface area (Å²) in [5, 5.41) is 0.538. The molecule has 10 heteroatoms. The van der Waals surface area contributed by atoms with Crippen molar-refractivity contribution in [2.45, 2.75) is 78.5 Å². The lowest BCUT2D eigenvalue weighted by Gasteiger charge is -2.14. The van der Waals surface area contributed by atoms with Crippen molar-refractivity contribution in [3.63, 3.8) is 0 Å². The number of hydrogen-bond donors (Lipinski definition) is 0. The number of esters is 1. The van der Waals surface area contributed by atoms with Gasteiger partial charge in [-0.15, -0.1) is 13.2 Å². The van der Waals surface area contributed by atoms with Gasteiger partial charge in [-0.05, 0) is 42.5 Å². The Bertz CT molecular complexity index is 1320. The minimum Gasteiger partial charge on any atom is -0.478 e. The zero-order valence-electron chi connectivity index (χ0n) is 23.1. The summed E-state index contributed by atoms with van der Waals surface area (Å²) in [6.45, 7) is 6.32. The number of alkyl halides is 3. The first-order valence-electron chi connectivity index (χ1n) is 13.7. The Labute approximate surface area is 231 Å². The van der Waals surface area contributed by atoms with Crippen molar-refractivity contribution in [1.82, 2.24) is 4.98 Å². The van der Waals surface area contributed by atoms with Crippen LogP contribution in [-0.2, 0) is 16.0 Å². The number of aromatic nitrogens is 1. The van der Waals surface area contributed by atoms with E-state index in [1.54, 1.807) is 25.1 Å². The normalized spacial score (nSPS) is 11.7. The molecule has 2 aromatic heterocycles. The van der Waals surface area contributed by atoms with Crippen molar-refractivity contribution >= 4 is 16.9 Å². The summed E-state index contributed by atoms with van der Waals surface area (Å²) in [6, 6.07) is 7.47. The Kier molecular flexibility index (Phi) is 11.4. The van der Waals surface area contributed by atoms with Crippen LogP contribution in [0.2, 0.25) is 0 Å². The number of rotatable bonds is 15. The number of pyridine rings is 1. The SMILES string of the molecule is CCc1ccc(-c2cc3cc(OCCCCCCCCCOC(=O)C(C)C)ncc3oc2=O)cc1OC(F)(F)F. The Balaban J connectivity index is 1.51. The quantitative estimate of drug-likeness (QED) is 0.139. The molecule has 7 nitrogen and oxygen atoms in total. The number of carbonyl (C=O) groups is 1. The Morgan fingerprint density at radius 1 is 0.975 bits per heavy atom. The summed E-state index contributed by atoms with van der Waals surface area (Å²) < 4.78 is 59.1. The summed E-state index contributed by atoms with van der Waals surface area (Å²) in [7, 11) is 0. The number of nitrogens with zero attached hydrogens (tertiary/aromatic N) is 1. The predicted molar refractivity (Wildman–Crippen MR) is 145 cm³/mol. The van der Waals surface area contributed by atoms with E-state index in [2.05, 4.69) is 9.72 Å². The minimum absolute atomic E-state index is 0.0905. The third-order valence-corrected chi connectivity index (χ3v) is 6.33. The molecule has 3 rings (SSSR count). The number of benzene rings is 1. The maximum Gasteiger partial charge on any atom is 0.573 e. The Morgan fingerprint density at radius 3 is 2.30 bits per heavy atom. The van der Waals surface area contributed by atoms with Crippen LogP contribution in [0, 0.1) is 5.92 Å². The maximum atomic E-state index is 12.9. The van der Waals surface area contributed by atoms with Gasteiger partial charge in [-0.3, -0.25) is 4.79 Å². The van der Waals surface area contributed by atoms with Crippen LogP contribution in [-0.4, -0.2) is 30.5 Å². The molecule has 0 unspecified atom stereocenters. The largest absolute Gasteiger partial charge is 0.573 e. The van der Waals surface area contributed by atoms with Crippen molar-refractivity contribution in [3.05, 3.63) is 52.5 Å². The molecule has 0 spiro atoms. The van der Waals surface area contributed by atoms with E-state index in [1.165, 1.54) is 18.3 Å². The average molecular weight is 564 g/mol. The smallest absolute Gasteiger partial charge is 0.478 e. The summed E-state index contributed by atoms with van der Waals surface area (Å²) >= 11 is 0. The van der Waals surface area contributed by atoms with Gasteiger partial charge in [0.15, 0.2) is 5.58 Å². The van der Waals surface area contributed by atoms with Gasteiger partial charge in [-0.2, -0.15) is 0 Å². The van der Waals surface area contributed by atoms with Crippen LogP contribution in [0.4, 0.5) is 13.2 Å². The van der Waals surface area contributed by atoms with E-state index in [0.29, 0.717) is 36.5 Å². The number of fused-ring (bicyclic) bond motifs is 1. The van der Waals surface area contributed by atoms with E-state index in [0.717, 1.165) is 44.9 Å². The van der Waals surface area contributed by atoms with E-state index >= 15 is 0 Å². The molecular formula is C30H36F3NO6. The van der Waals surface area contributed by atoms with E-state index in [9.17, 15) is 22.8 Å². The number of halogens is 3. The van der Waals surface area contributed by atoms with Crippen molar-refractivity contribution in [2.75, 3.05) is 13.2 Å². The number of unbranched alkanes of at least 4 members (excludes halogenated alkanes) is 6.